The van der Waals surface area contributed by atoms with Crippen LogP contribution in [0.15, 0.2) is 24.3 Å². The zero-order valence-corrected chi connectivity index (χ0v) is 11.8. The van der Waals surface area contributed by atoms with Gasteiger partial charge in [-0.05, 0) is 19.1 Å². The summed E-state index contributed by atoms with van der Waals surface area (Å²) >= 11 is 0. The third kappa shape index (κ3) is 3.48. The topological polar surface area (TPSA) is 68.2 Å². The molecule has 1 aromatic heterocycles. The van der Waals surface area contributed by atoms with Crippen molar-refractivity contribution in [3.63, 3.8) is 0 Å². The number of imidazole rings is 1. The van der Waals surface area contributed by atoms with Gasteiger partial charge in [-0.1, -0.05) is 12.1 Å². The average molecular weight is 276 g/mol. The van der Waals surface area contributed by atoms with Gasteiger partial charge in [0.15, 0.2) is 0 Å². The molecule has 0 radical (unpaired) electrons. The number of benzene rings is 1. The van der Waals surface area contributed by atoms with Gasteiger partial charge in [0.05, 0.1) is 17.6 Å². The molecule has 108 valence electrons. The van der Waals surface area contributed by atoms with Gasteiger partial charge in [-0.3, -0.25) is 0 Å². The first-order valence-electron chi connectivity index (χ1n) is 6.65. The Labute approximate surface area is 118 Å². The van der Waals surface area contributed by atoms with Crippen molar-refractivity contribution in [2.24, 2.45) is 0 Å². The average Bonchev–Trinajstić information content (AvgIpc) is 2.75. The van der Waals surface area contributed by atoms with Crippen LogP contribution < -0.4 is 10.6 Å². The molecule has 6 nitrogen and oxygen atoms in total. The van der Waals surface area contributed by atoms with Gasteiger partial charge in [0.1, 0.15) is 5.82 Å². The van der Waals surface area contributed by atoms with E-state index in [-0.39, 0.29) is 6.03 Å². The SMILES string of the molecule is COCCNC(=O)NCCn1c(C)nc2ccccc21. The molecule has 2 amide bonds. The van der Waals surface area contributed by atoms with Crippen molar-refractivity contribution < 1.29 is 9.53 Å². The zero-order valence-electron chi connectivity index (χ0n) is 11.8. The summed E-state index contributed by atoms with van der Waals surface area (Å²) in [6.07, 6.45) is 0. The number of hydrogen-bond acceptors (Lipinski definition) is 3. The Morgan fingerprint density at radius 3 is 2.85 bits per heavy atom. The van der Waals surface area contributed by atoms with E-state index in [0.29, 0.717) is 26.2 Å². The fourth-order valence-electron chi connectivity index (χ4n) is 2.09. The highest BCUT2D eigenvalue weighted by atomic mass is 16.5. The number of para-hydroxylation sites is 2. The van der Waals surface area contributed by atoms with Crippen molar-refractivity contribution in [2.45, 2.75) is 13.5 Å². The number of aromatic nitrogens is 2. The standard InChI is InChI=1S/C14H20N4O2/c1-11-17-12-5-3-4-6-13(12)18(11)9-7-15-14(19)16-8-10-20-2/h3-6H,7-10H2,1-2H3,(H2,15,16,19). The highest BCUT2D eigenvalue weighted by Crippen LogP contribution is 2.14. The lowest BCUT2D eigenvalue weighted by Crippen LogP contribution is -2.38. The van der Waals surface area contributed by atoms with Crippen molar-refractivity contribution in [1.82, 2.24) is 20.2 Å². The van der Waals surface area contributed by atoms with Gasteiger partial charge in [0.2, 0.25) is 0 Å². The summed E-state index contributed by atoms with van der Waals surface area (Å²) in [4.78, 5) is 16.0. The number of hydrogen-bond donors (Lipinski definition) is 2. The molecule has 0 aliphatic rings. The minimum atomic E-state index is -0.177. The molecule has 0 fully saturated rings. The lowest BCUT2D eigenvalue weighted by molar-refractivity contribution is 0.196. The van der Waals surface area contributed by atoms with Crippen LogP contribution in [0.5, 0.6) is 0 Å². The van der Waals surface area contributed by atoms with Crippen LogP contribution in [0.4, 0.5) is 4.79 Å². The fourth-order valence-corrected chi connectivity index (χ4v) is 2.09. The number of amides is 2. The van der Waals surface area contributed by atoms with E-state index in [1.165, 1.54) is 0 Å². The summed E-state index contributed by atoms with van der Waals surface area (Å²) in [5, 5.41) is 5.53. The molecular weight excluding hydrogens is 256 g/mol. The molecule has 2 rings (SSSR count). The highest BCUT2D eigenvalue weighted by molar-refractivity contribution is 5.76. The van der Waals surface area contributed by atoms with Crippen LogP contribution in [0.2, 0.25) is 0 Å². The Morgan fingerprint density at radius 1 is 1.30 bits per heavy atom. The van der Waals surface area contributed by atoms with Crippen molar-refractivity contribution in [3.05, 3.63) is 30.1 Å². The lowest BCUT2D eigenvalue weighted by atomic mass is 10.3. The third-order valence-electron chi connectivity index (χ3n) is 3.06. The van der Waals surface area contributed by atoms with Crippen molar-refractivity contribution in [1.29, 1.82) is 0 Å². The number of carbonyl (C=O) groups is 1. The summed E-state index contributed by atoms with van der Waals surface area (Å²) in [5.41, 5.74) is 2.07. The summed E-state index contributed by atoms with van der Waals surface area (Å²) in [7, 11) is 1.60. The Morgan fingerprint density at radius 2 is 2.05 bits per heavy atom. The molecule has 0 bridgehead atoms. The van der Waals surface area contributed by atoms with Gasteiger partial charge in [-0.15, -0.1) is 0 Å². The molecule has 2 aromatic rings. The van der Waals surface area contributed by atoms with Crippen LogP contribution in [-0.2, 0) is 11.3 Å². The summed E-state index contributed by atoms with van der Waals surface area (Å²) < 4.78 is 6.97. The van der Waals surface area contributed by atoms with E-state index in [4.69, 9.17) is 4.74 Å². The van der Waals surface area contributed by atoms with Crippen LogP contribution in [0.1, 0.15) is 5.82 Å². The number of fused-ring (bicyclic) bond motifs is 1. The molecule has 6 heteroatoms. The molecule has 20 heavy (non-hydrogen) atoms. The molecule has 0 saturated carbocycles. The summed E-state index contributed by atoms with van der Waals surface area (Å²) in [6.45, 7) is 4.25. The molecule has 0 aliphatic heterocycles. The Bertz CT molecular complexity index is 580. The normalized spacial score (nSPS) is 10.7. The molecule has 0 unspecified atom stereocenters. The Kier molecular flexibility index (Phi) is 4.95. The Hall–Kier alpha value is -2.08. The van der Waals surface area contributed by atoms with E-state index in [9.17, 15) is 4.79 Å². The fraction of sp³-hybridized carbons (Fsp3) is 0.429. The first-order valence-corrected chi connectivity index (χ1v) is 6.65. The largest absolute Gasteiger partial charge is 0.383 e. The first-order chi connectivity index (χ1) is 9.72. The first kappa shape index (κ1) is 14.3. The maximum absolute atomic E-state index is 11.5. The number of methoxy groups -OCH3 is 1. The lowest BCUT2D eigenvalue weighted by Gasteiger charge is -2.09. The predicted octanol–water partition coefficient (Wildman–Crippen LogP) is 1.29. The highest BCUT2D eigenvalue weighted by Gasteiger charge is 2.06. The van der Waals surface area contributed by atoms with Gasteiger partial charge in [-0.2, -0.15) is 0 Å². The molecule has 0 atom stereocenters. The van der Waals surface area contributed by atoms with Crippen LogP contribution in [0.25, 0.3) is 11.0 Å². The second kappa shape index (κ2) is 6.91. The van der Waals surface area contributed by atoms with E-state index in [0.717, 1.165) is 16.9 Å². The van der Waals surface area contributed by atoms with Crippen molar-refractivity contribution >= 4 is 17.1 Å². The van der Waals surface area contributed by atoms with Gasteiger partial charge >= 0.3 is 6.03 Å². The number of nitrogens with zero attached hydrogens (tertiary/aromatic N) is 2. The maximum atomic E-state index is 11.5. The smallest absolute Gasteiger partial charge is 0.314 e. The predicted molar refractivity (Wildman–Crippen MR) is 77.7 cm³/mol. The summed E-state index contributed by atoms with van der Waals surface area (Å²) in [5.74, 6) is 0.952. The van der Waals surface area contributed by atoms with E-state index in [1.54, 1.807) is 7.11 Å². The molecule has 2 N–H and O–H groups in total. The Balaban J connectivity index is 1.87. The second-order valence-corrected chi connectivity index (χ2v) is 4.47. The van der Waals surface area contributed by atoms with Crippen molar-refractivity contribution in [3.8, 4) is 0 Å². The number of aryl methyl sites for hydroxylation is 1. The third-order valence-corrected chi connectivity index (χ3v) is 3.06. The zero-order chi connectivity index (χ0) is 14.4. The molecule has 0 aliphatic carbocycles. The van der Waals surface area contributed by atoms with Crippen LogP contribution in [-0.4, -0.2) is 42.4 Å². The molecule has 1 aromatic carbocycles. The molecule has 0 saturated heterocycles. The number of urea groups is 1. The number of rotatable bonds is 6. The molecule has 1 heterocycles. The van der Waals surface area contributed by atoms with Crippen LogP contribution in [0, 0.1) is 6.92 Å². The van der Waals surface area contributed by atoms with Crippen LogP contribution >= 0.6 is 0 Å². The number of ether oxygens (including phenoxy) is 1. The van der Waals surface area contributed by atoms with E-state index in [1.807, 2.05) is 31.2 Å². The minimum Gasteiger partial charge on any atom is -0.383 e. The quantitative estimate of drug-likeness (QED) is 0.781. The minimum absolute atomic E-state index is 0.177. The van der Waals surface area contributed by atoms with Gasteiger partial charge in [0, 0.05) is 26.7 Å². The maximum Gasteiger partial charge on any atom is 0.314 e. The van der Waals surface area contributed by atoms with Gasteiger partial charge in [0.25, 0.3) is 0 Å². The monoisotopic (exact) mass is 276 g/mol. The van der Waals surface area contributed by atoms with E-state index < -0.39 is 0 Å². The molecular formula is C14H20N4O2. The van der Waals surface area contributed by atoms with Crippen molar-refractivity contribution in [2.75, 3.05) is 26.8 Å². The van der Waals surface area contributed by atoms with Gasteiger partial charge < -0.3 is 19.9 Å². The number of nitrogens with one attached hydrogen (secondary N) is 2. The van der Waals surface area contributed by atoms with Gasteiger partial charge in [-0.25, -0.2) is 9.78 Å². The van der Waals surface area contributed by atoms with E-state index >= 15 is 0 Å². The van der Waals surface area contributed by atoms with Crippen LogP contribution in [0.3, 0.4) is 0 Å². The number of carbonyl (C=O) groups excluding carboxylic acids is 1. The van der Waals surface area contributed by atoms with E-state index in [2.05, 4.69) is 20.2 Å². The molecule has 0 spiro atoms. The summed E-state index contributed by atoms with van der Waals surface area (Å²) in [6, 6.07) is 7.81. The second-order valence-electron chi connectivity index (χ2n) is 4.47.